The number of thioether (sulfide) groups is 2. The van der Waals surface area contributed by atoms with Crippen molar-refractivity contribution in [1.82, 2.24) is 0 Å². The van der Waals surface area contributed by atoms with E-state index in [0.717, 1.165) is 41.6 Å². The van der Waals surface area contributed by atoms with E-state index in [1.54, 1.807) is 0 Å². The molecule has 1 saturated heterocycles. The summed E-state index contributed by atoms with van der Waals surface area (Å²) in [5, 5.41) is 22.6. The normalized spacial score (nSPS) is 32.7. The Morgan fingerprint density at radius 2 is 1.64 bits per heavy atom. The zero-order valence-electron chi connectivity index (χ0n) is 16.6. The minimum atomic E-state index is -1.72. The van der Waals surface area contributed by atoms with Crippen LogP contribution in [0, 0.1) is 0 Å². The molecule has 0 saturated carbocycles. The van der Waals surface area contributed by atoms with Gasteiger partial charge in [-0.05, 0) is 61.1 Å². The van der Waals surface area contributed by atoms with Gasteiger partial charge in [0, 0.05) is 6.42 Å². The van der Waals surface area contributed by atoms with Crippen LogP contribution in [0.2, 0.25) is 18.1 Å². The Morgan fingerprint density at radius 3 is 2.12 bits per heavy atom. The van der Waals surface area contributed by atoms with Gasteiger partial charge in [-0.15, -0.1) is 23.5 Å². The van der Waals surface area contributed by atoms with E-state index in [-0.39, 0.29) is 4.08 Å². The lowest BCUT2D eigenvalue weighted by atomic mass is 9.87. The van der Waals surface area contributed by atoms with Crippen molar-refractivity contribution in [2.75, 3.05) is 18.1 Å². The second-order valence-corrected chi connectivity index (χ2v) is 15.6. The van der Waals surface area contributed by atoms with E-state index in [9.17, 15) is 10.2 Å². The van der Waals surface area contributed by atoms with Gasteiger partial charge in [-0.2, -0.15) is 0 Å². The van der Waals surface area contributed by atoms with Gasteiger partial charge in [0.2, 0.25) is 0 Å². The van der Waals surface area contributed by atoms with E-state index in [2.05, 4.69) is 27.7 Å². The van der Waals surface area contributed by atoms with Gasteiger partial charge in [-0.25, -0.2) is 0 Å². The van der Waals surface area contributed by atoms with Crippen LogP contribution in [-0.2, 0) is 4.43 Å². The molecule has 0 unspecified atom stereocenters. The molecule has 0 spiro atoms. The summed E-state index contributed by atoms with van der Waals surface area (Å²) in [6, 6.07) is 3.31. The first kappa shape index (κ1) is 21.8. The van der Waals surface area contributed by atoms with Gasteiger partial charge in [0.15, 0.2) is 8.32 Å². The van der Waals surface area contributed by atoms with Crippen LogP contribution in [0.4, 0.5) is 0 Å². The second-order valence-electron chi connectivity index (χ2n) is 7.75. The lowest BCUT2D eigenvalue weighted by Gasteiger charge is -2.48. The zero-order chi connectivity index (χ0) is 18.8. The summed E-state index contributed by atoms with van der Waals surface area (Å²) in [4.78, 5) is 0. The molecule has 1 aliphatic carbocycles. The van der Waals surface area contributed by atoms with Crippen molar-refractivity contribution in [3.8, 4) is 0 Å². The molecule has 25 heavy (non-hydrogen) atoms. The van der Waals surface area contributed by atoms with E-state index in [1.165, 1.54) is 6.42 Å². The average molecular weight is 405 g/mol. The van der Waals surface area contributed by atoms with Crippen molar-refractivity contribution >= 4 is 31.8 Å². The minimum absolute atomic E-state index is 0.268. The lowest BCUT2D eigenvalue weighted by Crippen LogP contribution is -2.53. The first-order valence-electron chi connectivity index (χ1n) is 9.81. The fraction of sp³-hybridized carbons (Fsp3) is 0.895. The van der Waals surface area contributed by atoms with Gasteiger partial charge in [0.1, 0.15) is 5.60 Å². The highest BCUT2D eigenvalue weighted by Gasteiger charge is 2.58. The Kier molecular flexibility index (Phi) is 7.22. The maximum atomic E-state index is 11.8. The SMILES string of the molecule is CCC1([C@@]2(O)C[C@](C)(O)C=C2CO[Si](CC)(CC)CC)SCCCS1. The van der Waals surface area contributed by atoms with Gasteiger partial charge < -0.3 is 14.6 Å². The molecule has 0 aromatic carbocycles. The number of rotatable bonds is 8. The van der Waals surface area contributed by atoms with Crippen LogP contribution >= 0.6 is 23.5 Å². The third kappa shape index (κ3) is 4.19. The summed E-state index contributed by atoms with van der Waals surface area (Å²) in [5.41, 5.74) is -1.03. The van der Waals surface area contributed by atoms with Gasteiger partial charge in [0.25, 0.3) is 0 Å². The lowest BCUT2D eigenvalue weighted by molar-refractivity contribution is 0.000163. The molecule has 0 aromatic rings. The van der Waals surface area contributed by atoms with E-state index < -0.39 is 19.5 Å². The van der Waals surface area contributed by atoms with Gasteiger partial charge >= 0.3 is 0 Å². The van der Waals surface area contributed by atoms with Crippen LogP contribution in [0.25, 0.3) is 0 Å². The molecule has 0 amide bonds. The first-order chi connectivity index (χ1) is 11.7. The fourth-order valence-electron chi connectivity index (χ4n) is 4.31. The van der Waals surface area contributed by atoms with E-state index in [1.807, 2.05) is 36.5 Å². The number of hydrogen-bond acceptors (Lipinski definition) is 5. The number of aliphatic hydroxyl groups is 2. The molecule has 0 bridgehead atoms. The molecule has 2 rings (SSSR count). The summed E-state index contributed by atoms with van der Waals surface area (Å²) in [7, 11) is -1.72. The predicted octanol–water partition coefficient (Wildman–Crippen LogP) is 4.80. The van der Waals surface area contributed by atoms with Crippen molar-refractivity contribution < 1.29 is 14.6 Å². The highest BCUT2D eigenvalue weighted by Crippen LogP contribution is 2.58. The van der Waals surface area contributed by atoms with Crippen molar-refractivity contribution in [3.05, 3.63) is 11.6 Å². The topological polar surface area (TPSA) is 49.7 Å². The van der Waals surface area contributed by atoms with Crippen molar-refractivity contribution in [3.63, 3.8) is 0 Å². The summed E-state index contributed by atoms with van der Waals surface area (Å²) >= 11 is 3.76. The van der Waals surface area contributed by atoms with Crippen molar-refractivity contribution in [2.45, 2.75) is 87.3 Å². The molecule has 1 fully saturated rings. The van der Waals surface area contributed by atoms with Gasteiger partial charge in [0.05, 0.1) is 16.3 Å². The quantitative estimate of drug-likeness (QED) is 0.450. The van der Waals surface area contributed by atoms with Crippen LogP contribution in [0.15, 0.2) is 11.6 Å². The molecule has 3 nitrogen and oxygen atoms in total. The Hall–Kier alpha value is 0.537. The average Bonchev–Trinajstić information content (AvgIpc) is 2.87. The van der Waals surface area contributed by atoms with Gasteiger partial charge in [-0.3, -0.25) is 0 Å². The minimum Gasteiger partial charge on any atom is -0.413 e. The second kappa shape index (κ2) is 8.27. The number of hydrogen-bond donors (Lipinski definition) is 2. The molecule has 0 radical (unpaired) electrons. The Morgan fingerprint density at radius 1 is 1.08 bits per heavy atom. The molecule has 0 aromatic heterocycles. The smallest absolute Gasteiger partial charge is 0.192 e. The standard InChI is InChI=1S/C19H36O3S2Si/c1-6-19(23-11-10-12-24-19)18(21)15-17(5,20)13-16(18)14-22-25(7-2,8-3)9-4/h13,20-21H,6-12,14-15H2,1-5H3/t17-,18-/m1/s1. The van der Waals surface area contributed by atoms with E-state index in [0.29, 0.717) is 13.0 Å². The largest absolute Gasteiger partial charge is 0.413 e. The highest BCUT2D eigenvalue weighted by molar-refractivity contribution is 8.18. The summed E-state index contributed by atoms with van der Waals surface area (Å²) < 4.78 is 6.24. The molecule has 1 heterocycles. The molecule has 2 N–H and O–H groups in total. The molecule has 2 atom stereocenters. The van der Waals surface area contributed by atoms with Gasteiger partial charge in [-0.1, -0.05) is 27.7 Å². The van der Waals surface area contributed by atoms with Crippen molar-refractivity contribution in [1.29, 1.82) is 0 Å². The molecule has 6 heteroatoms. The predicted molar refractivity (Wildman–Crippen MR) is 114 cm³/mol. The Balaban J connectivity index is 2.29. The van der Waals surface area contributed by atoms with Crippen LogP contribution in [0.3, 0.4) is 0 Å². The molecular formula is C19H36O3S2Si. The molecule has 146 valence electrons. The fourth-order valence-corrected chi connectivity index (χ4v) is 10.4. The third-order valence-electron chi connectivity index (χ3n) is 6.15. The van der Waals surface area contributed by atoms with Crippen LogP contribution in [-0.4, -0.2) is 51.9 Å². The molecule has 1 aliphatic heterocycles. The van der Waals surface area contributed by atoms with Crippen molar-refractivity contribution in [2.24, 2.45) is 0 Å². The monoisotopic (exact) mass is 404 g/mol. The van der Waals surface area contributed by atoms with E-state index in [4.69, 9.17) is 4.43 Å². The maximum Gasteiger partial charge on any atom is 0.192 e. The van der Waals surface area contributed by atoms with Crippen LogP contribution in [0.1, 0.15) is 53.9 Å². The first-order valence-corrected chi connectivity index (χ1v) is 14.3. The van der Waals surface area contributed by atoms with Crippen LogP contribution < -0.4 is 0 Å². The molecular weight excluding hydrogens is 368 g/mol. The van der Waals surface area contributed by atoms with E-state index >= 15 is 0 Å². The third-order valence-corrected chi connectivity index (χ3v) is 14.7. The summed E-state index contributed by atoms with van der Waals surface area (Å²) in [6.07, 6.45) is 4.35. The van der Waals surface area contributed by atoms with Crippen LogP contribution in [0.5, 0.6) is 0 Å². The Bertz CT molecular complexity index is 477. The molecule has 2 aliphatic rings. The maximum absolute atomic E-state index is 11.8. The zero-order valence-corrected chi connectivity index (χ0v) is 19.2. The summed E-state index contributed by atoms with van der Waals surface area (Å²) in [6.45, 7) is 11.1. The highest BCUT2D eigenvalue weighted by atomic mass is 32.2. The summed E-state index contributed by atoms with van der Waals surface area (Å²) in [5.74, 6) is 2.16. The Labute approximate surface area is 163 Å².